The third kappa shape index (κ3) is 5.03. The average molecular weight is 415 g/mol. The van der Waals surface area contributed by atoms with Crippen molar-refractivity contribution >= 4 is 27.5 Å². The highest BCUT2D eigenvalue weighted by Crippen LogP contribution is 2.29. The number of methoxy groups -OCH3 is 1. The summed E-state index contributed by atoms with van der Waals surface area (Å²) in [6.07, 6.45) is 2.07. The summed E-state index contributed by atoms with van der Waals surface area (Å²) in [7, 11) is 1.59. The van der Waals surface area contributed by atoms with Gasteiger partial charge in [-0.3, -0.25) is 9.59 Å². The minimum atomic E-state index is -0.377. The van der Waals surface area contributed by atoms with Crippen LogP contribution in [0.5, 0.6) is 5.75 Å². The van der Waals surface area contributed by atoms with Gasteiger partial charge < -0.3 is 14.5 Å². The largest absolute Gasteiger partial charge is 0.497 e. The summed E-state index contributed by atoms with van der Waals surface area (Å²) in [4.78, 5) is 33.9. The number of nitrogens with one attached hydrogen (secondary N) is 1. The zero-order chi connectivity index (χ0) is 21.0. The first-order valence-corrected chi connectivity index (χ1v) is 10.5. The molecule has 2 heterocycles. The van der Waals surface area contributed by atoms with Crippen molar-refractivity contribution in [2.75, 3.05) is 7.11 Å². The van der Waals surface area contributed by atoms with Crippen LogP contribution in [0.3, 0.4) is 0 Å². The average Bonchev–Trinajstić information content (AvgIpc) is 3.02. The summed E-state index contributed by atoms with van der Waals surface area (Å²) < 4.78 is 10.4. The number of rotatable bonds is 8. The first-order chi connectivity index (χ1) is 13.9. The fourth-order valence-corrected chi connectivity index (χ4v) is 4.21. The van der Waals surface area contributed by atoms with Crippen LogP contribution in [0.2, 0.25) is 0 Å². The van der Waals surface area contributed by atoms with E-state index in [1.807, 2.05) is 19.1 Å². The SMILES string of the molecule is CC[C@H](C)Cc1c(C)sc2nc(COC(=O)Cc3ccc(OC)cc3)[nH]c(=O)c12. The van der Waals surface area contributed by atoms with Gasteiger partial charge in [-0.05, 0) is 42.5 Å². The normalized spacial score (nSPS) is 12.1. The van der Waals surface area contributed by atoms with Crippen LogP contribution in [0.1, 0.15) is 42.1 Å². The lowest BCUT2D eigenvalue weighted by Crippen LogP contribution is -2.15. The van der Waals surface area contributed by atoms with Gasteiger partial charge in [0.2, 0.25) is 0 Å². The van der Waals surface area contributed by atoms with Gasteiger partial charge in [0.1, 0.15) is 23.0 Å². The molecular formula is C22H26N2O4S. The molecule has 2 aromatic heterocycles. The topological polar surface area (TPSA) is 81.3 Å². The lowest BCUT2D eigenvalue weighted by atomic mass is 9.98. The monoisotopic (exact) mass is 414 g/mol. The van der Waals surface area contributed by atoms with Gasteiger partial charge in [-0.1, -0.05) is 32.4 Å². The molecular weight excluding hydrogens is 388 g/mol. The molecule has 0 fully saturated rings. The zero-order valence-electron chi connectivity index (χ0n) is 17.2. The van der Waals surface area contributed by atoms with Gasteiger partial charge in [0.25, 0.3) is 5.56 Å². The van der Waals surface area contributed by atoms with Gasteiger partial charge in [-0.15, -0.1) is 11.3 Å². The van der Waals surface area contributed by atoms with Crippen LogP contribution in [-0.2, 0) is 29.0 Å². The van der Waals surface area contributed by atoms with Gasteiger partial charge in [0.15, 0.2) is 0 Å². The van der Waals surface area contributed by atoms with Gasteiger partial charge >= 0.3 is 5.97 Å². The predicted octanol–water partition coefficient (Wildman–Crippen LogP) is 4.18. The van der Waals surface area contributed by atoms with E-state index < -0.39 is 0 Å². The Morgan fingerprint density at radius 1 is 1.28 bits per heavy atom. The second-order valence-corrected chi connectivity index (χ2v) is 8.44. The van der Waals surface area contributed by atoms with E-state index in [9.17, 15) is 9.59 Å². The number of benzene rings is 1. The molecule has 0 aliphatic heterocycles. The number of carbonyl (C=O) groups is 1. The third-order valence-corrected chi connectivity index (χ3v) is 6.08. The Hall–Kier alpha value is -2.67. The molecule has 0 spiro atoms. The molecule has 6 nitrogen and oxygen atoms in total. The number of fused-ring (bicyclic) bond motifs is 1. The number of nitrogens with zero attached hydrogens (tertiary/aromatic N) is 1. The molecule has 0 amide bonds. The second kappa shape index (κ2) is 9.22. The number of thiophene rings is 1. The maximum Gasteiger partial charge on any atom is 0.310 e. The lowest BCUT2D eigenvalue weighted by molar-refractivity contribution is -0.144. The fraction of sp³-hybridized carbons (Fsp3) is 0.409. The maximum atomic E-state index is 12.7. The quantitative estimate of drug-likeness (QED) is 0.559. The molecule has 3 rings (SSSR count). The standard InChI is InChI=1S/C22H26N2O4S/c1-5-13(2)10-17-14(3)29-22-20(17)21(26)23-18(24-22)12-28-19(25)11-15-6-8-16(27-4)9-7-15/h6-9,13H,5,10-12H2,1-4H3,(H,23,24,26)/t13-/m0/s1. The molecule has 154 valence electrons. The Morgan fingerprint density at radius 3 is 2.66 bits per heavy atom. The summed E-state index contributed by atoms with van der Waals surface area (Å²) in [5.74, 6) is 1.22. The molecule has 1 N–H and O–H groups in total. The molecule has 0 saturated heterocycles. The van der Waals surface area contributed by atoms with Crippen molar-refractivity contribution in [2.45, 2.75) is 46.6 Å². The summed E-state index contributed by atoms with van der Waals surface area (Å²) >= 11 is 1.52. The van der Waals surface area contributed by atoms with E-state index >= 15 is 0 Å². The Bertz CT molecular complexity index is 1050. The summed E-state index contributed by atoms with van der Waals surface area (Å²) in [6, 6.07) is 7.23. The molecule has 1 atom stereocenters. The van der Waals surface area contributed by atoms with Gasteiger partial charge in [-0.2, -0.15) is 0 Å². The van der Waals surface area contributed by atoms with Crippen molar-refractivity contribution in [1.82, 2.24) is 9.97 Å². The number of hydrogen-bond donors (Lipinski definition) is 1. The van der Waals surface area contributed by atoms with Crippen LogP contribution in [0, 0.1) is 12.8 Å². The molecule has 0 saturated carbocycles. The van der Waals surface area contributed by atoms with Crippen LogP contribution in [-0.4, -0.2) is 23.0 Å². The van der Waals surface area contributed by atoms with Crippen LogP contribution in [0.4, 0.5) is 0 Å². The Balaban J connectivity index is 1.70. The van der Waals surface area contributed by atoms with Crippen molar-refractivity contribution in [3.63, 3.8) is 0 Å². The Kier molecular flexibility index (Phi) is 6.69. The van der Waals surface area contributed by atoms with E-state index in [0.29, 0.717) is 22.0 Å². The number of aryl methyl sites for hydroxylation is 1. The van der Waals surface area contributed by atoms with E-state index in [1.54, 1.807) is 19.2 Å². The number of ether oxygens (including phenoxy) is 2. The first kappa shape index (κ1) is 21.0. The van der Waals surface area contributed by atoms with E-state index in [-0.39, 0.29) is 24.6 Å². The zero-order valence-corrected chi connectivity index (χ0v) is 18.0. The van der Waals surface area contributed by atoms with Crippen molar-refractivity contribution in [1.29, 1.82) is 0 Å². The van der Waals surface area contributed by atoms with E-state index in [1.165, 1.54) is 11.3 Å². The van der Waals surface area contributed by atoms with Gasteiger partial charge in [-0.25, -0.2) is 4.98 Å². The third-order valence-electron chi connectivity index (χ3n) is 5.04. The molecule has 7 heteroatoms. The number of carbonyl (C=O) groups excluding carboxylic acids is 1. The molecule has 0 aliphatic rings. The number of H-pyrrole nitrogens is 1. The number of esters is 1. The highest BCUT2D eigenvalue weighted by atomic mass is 32.1. The van der Waals surface area contributed by atoms with E-state index in [2.05, 4.69) is 23.8 Å². The van der Waals surface area contributed by atoms with Crippen molar-refractivity contribution in [3.05, 3.63) is 56.4 Å². The fourth-order valence-electron chi connectivity index (χ4n) is 3.14. The maximum absolute atomic E-state index is 12.7. The summed E-state index contributed by atoms with van der Waals surface area (Å²) in [5, 5.41) is 0.668. The highest BCUT2D eigenvalue weighted by molar-refractivity contribution is 7.18. The van der Waals surface area contributed by atoms with Crippen LogP contribution >= 0.6 is 11.3 Å². The molecule has 0 bridgehead atoms. The van der Waals surface area contributed by atoms with Gasteiger partial charge in [0.05, 0.1) is 18.9 Å². The minimum Gasteiger partial charge on any atom is -0.497 e. The number of aromatic amines is 1. The molecule has 3 aromatic rings. The molecule has 0 radical (unpaired) electrons. The number of hydrogen-bond acceptors (Lipinski definition) is 6. The van der Waals surface area contributed by atoms with Crippen molar-refractivity contribution < 1.29 is 14.3 Å². The number of aromatic nitrogens is 2. The molecule has 1 aromatic carbocycles. The van der Waals surface area contributed by atoms with Crippen molar-refractivity contribution in [2.24, 2.45) is 5.92 Å². The molecule has 0 unspecified atom stereocenters. The van der Waals surface area contributed by atoms with E-state index in [0.717, 1.165) is 34.6 Å². The first-order valence-electron chi connectivity index (χ1n) is 9.71. The smallest absolute Gasteiger partial charge is 0.310 e. The summed E-state index contributed by atoms with van der Waals surface area (Å²) in [5.41, 5.74) is 1.74. The Morgan fingerprint density at radius 2 is 2.00 bits per heavy atom. The lowest BCUT2D eigenvalue weighted by Gasteiger charge is -2.08. The van der Waals surface area contributed by atoms with Crippen LogP contribution in [0.15, 0.2) is 29.1 Å². The van der Waals surface area contributed by atoms with E-state index in [4.69, 9.17) is 9.47 Å². The predicted molar refractivity (Wildman–Crippen MR) is 115 cm³/mol. The summed E-state index contributed by atoms with van der Waals surface area (Å²) in [6.45, 7) is 6.30. The van der Waals surface area contributed by atoms with Crippen LogP contribution < -0.4 is 10.3 Å². The van der Waals surface area contributed by atoms with Gasteiger partial charge in [0, 0.05) is 4.88 Å². The Labute approximate surface area is 173 Å². The minimum absolute atomic E-state index is 0.0577. The van der Waals surface area contributed by atoms with Crippen molar-refractivity contribution in [3.8, 4) is 5.75 Å². The highest BCUT2D eigenvalue weighted by Gasteiger charge is 2.17. The molecule has 0 aliphatic carbocycles. The second-order valence-electron chi connectivity index (χ2n) is 7.23. The van der Waals surface area contributed by atoms with Crippen LogP contribution in [0.25, 0.3) is 10.2 Å². The molecule has 29 heavy (non-hydrogen) atoms.